The van der Waals surface area contributed by atoms with Gasteiger partial charge in [-0.1, -0.05) is 35.9 Å². The lowest BCUT2D eigenvalue weighted by molar-refractivity contribution is 0.0881. The maximum absolute atomic E-state index is 5.72. The molecule has 1 aliphatic heterocycles. The molecule has 2 atom stereocenters. The van der Waals surface area contributed by atoms with Crippen molar-refractivity contribution in [1.29, 1.82) is 0 Å². The second-order valence-corrected chi connectivity index (χ2v) is 10.4. The van der Waals surface area contributed by atoms with E-state index >= 15 is 0 Å². The van der Waals surface area contributed by atoms with Gasteiger partial charge in [0.25, 0.3) is 0 Å². The van der Waals surface area contributed by atoms with Crippen molar-refractivity contribution in [3.05, 3.63) is 76.6 Å². The SMILES string of the molecule is COC1(C)C=CC(c2c(C)nn3c(N4CCN(c5ccccc5)CC4)c4c(nc23)CCC4)C(C)=C1. The lowest BCUT2D eigenvalue weighted by Crippen LogP contribution is -2.47. The van der Waals surface area contributed by atoms with Crippen molar-refractivity contribution in [2.75, 3.05) is 43.1 Å². The summed E-state index contributed by atoms with van der Waals surface area (Å²) in [6.45, 7) is 10.4. The Hall–Kier alpha value is -3.12. The Balaban J connectivity index is 1.39. The van der Waals surface area contributed by atoms with Gasteiger partial charge in [-0.3, -0.25) is 0 Å². The molecular formula is C29H35N5O. The van der Waals surface area contributed by atoms with Gasteiger partial charge in [0.1, 0.15) is 11.4 Å². The fraction of sp³-hybridized carbons (Fsp3) is 0.448. The fourth-order valence-electron chi connectivity index (χ4n) is 6.11. The summed E-state index contributed by atoms with van der Waals surface area (Å²) in [7, 11) is 1.77. The van der Waals surface area contributed by atoms with Gasteiger partial charge in [0.15, 0.2) is 5.65 Å². The normalized spacial score (nSPS) is 24.2. The molecule has 182 valence electrons. The third-order valence-electron chi connectivity index (χ3n) is 8.06. The molecule has 2 aliphatic carbocycles. The Bertz CT molecular complexity index is 1320. The van der Waals surface area contributed by atoms with Crippen LogP contribution in [0.25, 0.3) is 5.65 Å². The first kappa shape index (κ1) is 22.4. The van der Waals surface area contributed by atoms with Gasteiger partial charge in [0.2, 0.25) is 0 Å². The van der Waals surface area contributed by atoms with Crippen LogP contribution >= 0.6 is 0 Å². The van der Waals surface area contributed by atoms with E-state index in [4.69, 9.17) is 14.8 Å². The van der Waals surface area contributed by atoms with Crippen LogP contribution in [0.15, 0.2) is 54.1 Å². The van der Waals surface area contributed by atoms with E-state index in [0.717, 1.165) is 50.4 Å². The van der Waals surface area contributed by atoms with Crippen LogP contribution in [0.4, 0.5) is 11.5 Å². The van der Waals surface area contributed by atoms with Crippen LogP contribution in [0.1, 0.15) is 48.7 Å². The highest BCUT2D eigenvalue weighted by atomic mass is 16.5. The third kappa shape index (κ3) is 3.75. The number of methoxy groups -OCH3 is 1. The topological polar surface area (TPSA) is 45.9 Å². The molecule has 0 N–H and O–H groups in total. The van der Waals surface area contributed by atoms with Crippen LogP contribution in [0, 0.1) is 6.92 Å². The van der Waals surface area contributed by atoms with Crippen molar-refractivity contribution in [3.8, 4) is 0 Å². The molecule has 6 heteroatoms. The minimum absolute atomic E-state index is 0.172. The van der Waals surface area contributed by atoms with Crippen LogP contribution in [0.3, 0.4) is 0 Å². The van der Waals surface area contributed by atoms with Gasteiger partial charge in [0.05, 0.1) is 5.69 Å². The highest BCUT2D eigenvalue weighted by Crippen LogP contribution is 2.40. The summed E-state index contributed by atoms with van der Waals surface area (Å²) in [5.41, 5.74) is 8.22. The van der Waals surface area contributed by atoms with E-state index in [1.807, 2.05) is 0 Å². The number of nitrogens with zero attached hydrogens (tertiary/aromatic N) is 5. The van der Waals surface area contributed by atoms with Gasteiger partial charge in [-0.05, 0) is 58.2 Å². The molecule has 0 bridgehead atoms. The summed E-state index contributed by atoms with van der Waals surface area (Å²) in [6, 6.07) is 10.8. The van der Waals surface area contributed by atoms with Crippen molar-refractivity contribution in [1.82, 2.24) is 14.6 Å². The zero-order chi connectivity index (χ0) is 24.2. The molecule has 3 aliphatic rings. The second kappa shape index (κ2) is 8.52. The average Bonchev–Trinajstić information content (AvgIpc) is 3.47. The molecule has 3 heterocycles. The fourth-order valence-corrected chi connectivity index (χ4v) is 6.11. The first-order valence-electron chi connectivity index (χ1n) is 12.9. The minimum atomic E-state index is -0.351. The number of rotatable bonds is 4. The van der Waals surface area contributed by atoms with E-state index in [-0.39, 0.29) is 11.5 Å². The van der Waals surface area contributed by atoms with Crippen molar-refractivity contribution >= 4 is 17.2 Å². The monoisotopic (exact) mass is 469 g/mol. The predicted molar refractivity (Wildman–Crippen MR) is 142 cm³/mol. The van der Waals surface area contributed by atoms with Crippen LogP contribution in [0.5, 0.6) is 0 Å². The van der Waals surface area contributed by atoms with Crippen molar-refractivity contribution in [3.63, 3.8) is 0 Å². The zero-order valence-electron chi connectivity index (χ0n) is 21.3. The summed E-state index contributed by atoms with van der Waals surface area (Å²) >= 11 is 0. The predicted octanol–water partition coefficient (Wildman–Crippen LogP) is 4.86. The number of piperazine rings is 1. The second-order valence-electron chi connectivity index (χ2n) is 10.4. The molecular weight excluding hydrogens is 434 g/mol. The van der Waals surface area contributed by atoms with Crippen LogP contribution < -0.4 is 9.80 Å². The molecule has 1 aromatic carbocycles. The van der Waals surface area contributed by atoms with Crippen molar-refractivity contribution in [2.45, 2.75) is 51.6 Å². The van der Waals surface area contributed by atoms with E-state index in [9.17, 15) is 0 Å². The molecule has 0 spiro atoms. The Morgan fingerprint density at radius 1 is 1.00 bits per heavy atom. The lowest BCUT2D eigenvalue weighted by Gasteiger charge is -2.38. The molecule has 35 heavy (non-hydrogen) atoms. The number of anilines is 2. The first-order chi connectivity index (χ1) is 17.0. The van der Waals surface area contributed by atoms with Gasteiger partial charge < -0.3 is 14.5 Å². The van der Waals surface area contributed by atoms with E-state index in [1.165, 1.54) is 40.3 Å². The number of hydrogen-bond donors (Lipinski definition) is 0. The van der Waals surface area contributed by atoms with Gasteiger partial charge in [-0.25, -0.2) is 4.98 Å². The van der Waals surface area contributed by atoms with Gasteiger partial charge >= 0.3 is 0 Å². The van der Waals surface area contributed by atoms with Crippen LogP contribution in [0.2, 0.25) is 0 Å². The number of aryl methyl sites for hydroxylation is 2. The molecule has 0 saturated carbocycles. The maximum Gasteiger partial charge on any atom is 0.162 e. The summed E-state index contributed by atoms with van der Waals surface area (Å²) < 4.78 is 7.89. The minimum Gasteiger partial charge on any atom is -0.370 e. The first-order valence-corrected chi connectivity index (χ1v) is 12.9. The van der Waals surface area contributed by atoms with Crippen LogP contribution in [-0.4, -0.2) is 53.5 Å². The molecule has 3 aromatic rings. The summed E-state index contributed by atoms with van der Waals surface area (Å²) in [5, 5.41) is 5.12. The highest BCUT2D eigenvalue weighted by molar-refractivity contribution is 5.66. The number of hydrogen-bond acceptors (Lipinski definition) is 5. The molecule has 1 fully saturated rings. The highest BCUT2D eigenvalue weighted by Gasteiger charge is 2.32. The number of para-hydroxylation sites is 1. The number of ether oxygens (including phenoxy) is 1. The van der Waals surface area contributed by atoms with E-state index < -0.39 is 0 Å². The Morgan fingerprint density at radius 2 is 1.74 bits per heavy atom. The largest absolute Gasteiger partial charge is 0.370 e. The van der Waals surface area contributed by atoms with Gasteiger partial charge in [-0.2, -0.15) is 9.61 Å². The summed E-state index contributed by atoms with van der Waals surface area (Å²) in [6.07, 6.45) is 10.0. The third-order valence-corrected chi connectivity index (χ3v) is 8.06. The Labute approximate surface area is 207 Å². The van der Waals surface area contributed by atoms with E-state index in [0.29, 0.717) is 0 Å². The van der Waals surface area contributed by atoms with Gasteiger partial charge in [-0.15, -0.1) is 0 Å². The van der Waals surface area contributed by atoms with Crippen molar-refractivity contribution in [2.24, 2.45) is 0 Å². The van der Waals surface area contributed by atoms with Crippen molar-refractivity contribution < 1.29 is 4.74 Å². The number of benzene rings is 1. The van der Waals surface area contributed by atoms with E-state index in [1.54, 1.807) is 7.11 Å². The standard InChI is InChI=1S/C29H35N5O/c1-20-19-29(3,35-4)14-13-23(20)26-21(2)31-34-27(26)30-25-12-8-11-24(25)28(34)33-17-15-32(16-18-33)22-9-6-5-7-10-22/h5-7,9-10,13-14,19,23H,8,11-12,15-18H2,1-4H3. The smallest absolute Gasteiger partial charge is 0.162 e. The maximum atomic E-state index is 5.72. The number of allylic oxidation sites excluding steroid dienone is 2. The quantitative estimate of drug-likeness (QED) is 0.511. The molecule has 2 aromatic heterocycles. The van der Waals surface area contributed by atoms with Gasteiger partial charge in [0, 0.05) is 61.7 Å². The summed E-state index contributed by atoms with van der Waals surface area (Å²) in [4.78, 5) is 10.3. The Morgan fingerprint density at radius 3 is 2.46 bits per heavy atom. The molecule has 2 unspecified atom stereocenters. The van der Waals surface area contributed by atoms with Crippen LogP contribution in [-0.2, 0) is 17.6 Å². The number of aromatic nitrogens is 3. The number of fused-ring (bicyclic) bond motifs is 2. The van der Waals surface area contributed by atoms with E-state index in [2.05, 4.69) is 83.6 Å². The lowest BCUT2D eigenvalue weighted by atomic mass is 9.83. The molecule has 6 rings (SSSR count). The zero-order valence-corrected chi connectivity index (χ0v) is 21.3. The summed E-state index contributed by atoms with van der Waals surface area (Å²) in [5.74, 6) is 1.44. The average molecular weight is 470 g/mol. The Kier molecular flexibility index (Phi) is 5.44. The molecule has 0 amide bonds. The molecule has 1 saturated heterocycles. The molecule has 6 nitrogen and oxygen atoms in total. The molecule has 0 radical (unpaired) electrons.